The number of rotatable bonds is 6. The molecule has 6 heteroatoms. The summed E-state index contributed by atoms with van der Waals surface area (Å²) in [4.78, 5) is 32.0. The molecule has 6 nitrogen and oxygen atoms in total. The summed E-state index contributed by atoms with van der Waals surface area (Å²) in [6.45, 7) is 5.65. The molecule has 0 aromatic carbocycles. The molecule has 1 aromatic heterocycles. The Labute approximate surface area is 112 Å². The first-order chi connectivity index (χ1) is 9.06. The predicted molar refractivity (Wildman–Crippen MR) is 68.0 cm³/mol. The highest BCUT2D eigenvalue weighted by atomic mass is 16.7. The number of pyridine rings is 1. The van der Waals surface area contributed by atoms with Gasteiger partial charge < -0.3 is 9.57 Å². The second-order valence-corrected chi connectivity index (χ2v) is 4.22. The van der Waals surface area contributed by atoms with Gasteiger partial charge in [-0.05, 0) is 25.0 Å². The van der Waals surface area contributed by atoms with E-state index in [2.05, 4.69) is 10.5 Å². The number of nitrogens with zero attached hydrogens (tertiary/aromatic N) is 1. The van der Waals surface area contributed by atoms with Gasteiger partial charge in [0, 0.05) is 12.4 Å². The van der Waals surface area contributed by atoms with Crippen LogP contribution in [0.4, 0.5) is 0 Å². The third-order valence-corrected chi connectivity index (χ3v) is 2.38. The van der Waals surface area contributed by atoms with Gasteiger partial charge in [0.25, 0.3) is 0 Å². The Bertz CT molecular complexity index is 420. The molecule has 1 heterocycles. The fraction of sp³-hybridized carbons (Fsp3) is 0.462. The average Bonchev–Trinajstić information content (AvgIpc) is 2.39. The smallest absolute Gasteiger partial charge is 0.358 e. The van der Waals surface area contributed by atoms with E-state index in [1.165, 1.54) is 6.20 Å². The summed E-state index contributed by atoms with van der Waals surface area (Å²) < 4.78 is 4.90. The van der Waals surface area contributed by atoms with Crippen LogP contribution in [-0.4, -0.2) is 29.6 Å². The van der Waals surface area contributed by atoms with Crippen molar-refractivity contribution in [2.75, 3.05) is 6.61 Å². The first-order valence-corrected chi connectivity index (χ1v) is 6.09. The van der Waals surface area contributed by atoms with Crippen LogP contribution in [0.15, 0.2) is 24.5 Å². The van der Waals surface area contributed by atoms with Crippen LogP contribution in [0.5, 0.6) is 0 Å². The maximum Gasteiger partial charge on any atom is 0.358 e. The molecule has 0 aliphatic carbocycles. The molecule has 0 aliphatic rings. The molecule has 0 radical (unpaired) electrons. The van der Waals surface area contributed by atoms with Gasteiger partial charge in [0.2, 0.25) is 0 Å². The summed E-state index contributed by atoms with van der Waals surface area (Å²) in [5.74, 6) is -1.11. The van der Waals surface area contributed by atoms with E-state index in [-0.39, 0.29) is 12.5 Å². The number of ether oxygens (including phenoxy) is 1. The molecular weight excluding hydrogens is 248 g/mol. The van der Waals surface area contributed by atoms with Gasteiger partial charge in [0.1, 0.15) is 6.04 Å². The zero-order valence-electron chi connectivity index (χ0n) is 11.3. The number of hydrogen-bond acceptors (Lipinski definition) is 6. The largest absolute Gasteiger partial charge is 0.465 e. The van der Waals surface area contributed by atoms with Crippen molar-refractivity contribution in [3.05, 3.63) is 30.1 Å². The van der Waals surface area contributed by atoms with Gasteiger partial charge in [-0.2, -0.15) is 0 Å². The molecule has 0 bridgehead atoms. The topological polar surface area (TPSA) is 77.5 Å². The van der Waals surface area contributed by atoms with Crippen LogP contribution in [0.3, 0.4) is 0 Å². The van der Waals surface area contributed by atoms with Crippen molar-refractivity contribution >= 4 is 11.9 Å². The number of nitrogens with one attached hydrogen (secondary N) is 1. The molecular formula is C13H18N2O4. The quantitative estimate of drug-likeness (QED) is 0.618. The first kappa shape index (κ1) is 15.1. The van der Waals surface area contributed by atoms with Gasteiger partial charge in [-0.3, -0.25) is 9.78 Å². The highest BCUT2D eigenvalue weighted by molar-refractivity contribution is 5.88. The lowest BCUT2D eigenvalue weighted by Gasteiger charge is -2.19. The van der Waals surface area contributed by atoms with E-state index >= 15 is 0 Å². The van der Waals surface area contributed by atoms with E-state index in [1.807, 2.05) is 13.8 Å². The predicted octanol–water partition coefficient (Wildman–Crippen LogP) is 1.33. The molecule has 0 saturated carbocycles. The fourth-order valence-corrected chi connectivity index (χ4v) is 1.35. The van der Waals surface area contributed by atoms with Crippen molar-refractivity contribution in [3.8, 4) is 0 Å². The van der Waals surface area contributed by atoms with Crippen molar-refractivity contribution in [2.45, 2.75) is 26.8 Å². The standard InChI is InChI=1S/C13H18N2O4/c1-4-18-13(17)11(9(2)3)15-19-12(16)10-6-5-7-14-8-10/h5-9,11,15H,4H2,1-3H3. The Kier molecular flexibility index (Phi) is 5.95. The summed E-state index contributed by atoms with van der Waals surface area (Å²) in [5, 5.41) is 0. The Hall–Kier alpha value is -1.95. The Balaban J connectivity index is 2.57. The normalized spacial score (nSPS) is 12.0. The monoisotopic (exact) mass is 266 g/mol. The molecule has 19 heavy (non-hydrogen) atoms. The molecule has 1 aromatic rings. The van der Waals surface area contributed by atoms with Crippen molar-refractivity contribution < 1.29 is 19.2 Å². The lowest BCUT2D eigenvalue weighted by molar-refractivity contribution is -0.150. The molecule has 104 valence electrons. The molecule has 0 fully saturated rings. The van der Waals surface area contributed by atoms with Gasteiger partial charge in [-0.15, -0.1) is 5.48 Å². The summed E-state index contributed by atoms with van der Waals surface area (Å²) in [7, 11) is 0. The second kappa shape index (κ2) is 7.48. The first-order valence-electron chi connectivity index (χ1n) is 6.09. The van der Waals surface area contributed by atoms with Gasteiger partial charge in [0.05, 0.1) is 12.2 Å². The van der Waals surface area contributed by atoms with Crippen LogP contribution in [0.25, 0.3) is 0 Å². The number of hydroxylamine groups is 1. The maximum atomic E-state index is 11.7. The molecule has 0 saturated heterocycles. The number of hydrogen-bond donors (Lipinski definition) is 1. The molecule has 0 spiro atoms. The van der Waals surface area contributed by atoms with Crippen molar-refractivity contribution in [2.24, 2.45) is 5.92 Å². The third-order valence-electron chi connectivity index (χ3n) is 2.38. The average molecular weight is 266 g/mol. The molecule has 1 rings (SSSR count). The van der Waals surface area contributed by atoms with E-state index in [9.17, 15) is 9.59 Å². The summed E-state index contributed by atoms with van der Waals surface area (Å²) in [6, 6.07) is 2.51. The lowest BCUT2D eigenvalue weighted by Crippen LogP contribution is -2.43. The van der Waals surface area contributed by atoms with E-state index in [0.717, 1.165) is 0 Å². The van der Waals surface area contributed by atoms with Gasteiger partial charge in [-0.1, -0.05) is 13.8 Å². The minimum atomic E-state index is -0.694. The van der Waals surface area contributed by atoms with Crippen LogP contribution in [0.2, 0.25) is 0 Å². The Morgan fingerprint density at radius 2 is 2.16 bits per heavy atom. The molecule has 0 aliphatic heterocycles. The third kappa shape index (κ3) is 4.67. The van der Waals surface area contributed by atoms with Gasteiger partial charge >= 0.3 is 11.9 Å². The molecule has 1 atom stereocenters. The lowest BCUT2D eigenvalue weighted by atomic mass is 10.1. The highest BCUT2D eigenvalue weighted by Gasteiger charge is 2.25. The molecule has 0 amide bonds. The zero-order chi connectivity index (χ0) is 14.3. The van der Waals surface area contributed by atoms with Crippen molar-refractivity contribution in [1.82, 2.24) is 10.5 Å². The van der Waals surface area contributed by atoms with E-state index < -0.39 is 18.0 Å². The minimum Gasteiger partial charge on any atom is -0.465 e. The summed E-state index contributed by atoms with van der Waals surface area (Å²) in [5.41, 5.74) is 2.76. The summed E-state index contributed by atoms with van der Waals surface area (Å²) >= 11 is 0. The fourth-order valence-electron chi connectivity index (χ4n) is 1.35. The van der Waals surface area contributed by atoms with Gasteiger partial charge in [-0.25, -0.2) is 4.79 Å². The molecule has 1 N–H and O–H groups in total. The molecule has 1 unspecified atom stereocenters. The van der Waals surface area contributed by atoms with E-state index in [1.54, 1.807) is 25.3 Å². The van der Waals surface area contributed by atoms with Crippen LogP contribution >= 0.6 is 0 Å². The number of carbonyl (C=O) groups is 2. The zero-order valence-corrected chi connectivity index (χ0v) is 11.3. The second-order valence-electron chi connectivity index (χ2n) is 4.22. The van der Waals surface area contributed by atoms with Crippen LogP contribution < -0.4 is 5.48 Å². The van der Waals surface area contributed by atoms with Gasteiger partial charge in [0.15, 0.2) is 0 Å². The minimum absolute atomic E-state index is 0.0688. The van der Waals surface area contributed by atoms with Crippen LogP contribution in [0, 0.1) is 5.92 Å². The van der Waals surface area contributed by atoms with Crippen LogP contribution in [0.1, 0.15) is 31.1 Å². The van der Waals surface area contributed by atoms with Crippen LogP contribution in [-0.2, 0) is 14.4 Å². The Morgan fingerprint density at radius 1 is 1.42 bits per heavy atom. The van der Waals surface area contributed by atoms with Crippen molar-refractivity contribution in [3.63, 3.8) is 0 Å². The number of carbonyl (C=O) groups excluding carboxylic acids is 2. The van der Waals surface area contributed by atoms with Crippen molar-refractivity contribution in [1.29, 1.82) is 0 Å². The number of aromatic nitrogens is 1. The van der Waals surface area contributed by atoms with E-state index in [4.69, 9.17) is 9.57 Å². The Morgan fingerprint density at radius 3 is 2.68 bits per heavy atom. The van der Waals surface area contributed by atoms with E-state index in [0.29, 0.717) is 5.56 Å². The SMILES string of the molecule is CCOC(=O)C(NOC(=O)c1cccnc1)C(C)C. The maximum absolute atomic E-state index is 11.7. The summed E-state index contributed by atoms with van der Waals surface area (Å²) in [6.07, 6.45) is 2.94. The number of esters is 1. The highest BCUT2D eigenvalue weighted by Crippen LogP contribution is 2.05.